The van der Waals surface area contributed by atoms with Gasteiger partial charge >= 0.3 is 5.97 Å². The van der Waals surface area contributed by atoms with E-state index in [9.17, 15) is 18.3 Å². The zero-order chi connectivity index (χ0) is 22.9. The largest absolute Gasteiger partial charge is 0.457 e. The Morgan fingerprint density at radius 2 is 1.97 bits per heavy atom. The van der Waals surface area contributed by atoms with E-state index < -0.39 is 16.1 Å². The van der Waals surface area contributed by atoms with E-state index in [0.29, 0.717) is 42.9 Å². The molecule has 2 N–H and O–H groups in total. The second-order valence-electron chi connectivity index (χ2n) is 8.40. The Hall–Kier alpha value is -2.77. The maximum absolute atomic E-state index is 12.3. The molecule has 2 heterocycles. The van der Waals surface area contributed by atoms with Crippen LogP contribution in [0.4, 0.5) is 0 Å². The van der Waals surface area contributed by atoms with E-state index in [1.807, 2.05) is 13.0 Å². The van der Waals surface area contributed by atoms with Crippen LogP contribution in [-0.2, 0) is 27.1 Å². The van der Waals surface area contributed by atoms with Gasteiger partial charge in [-0.1, -0.05) is 18.2 Å². The molecule has 2 aliphatic rings. The lowest BCUT2D eigenvalue weighted by Gasteiger charge is -2.40. The van der Waals surface area contributed by atoms with Crippen molar-refractivity contribution in [3.63, 3.8) is 0 Å². The molecule has 1 unspecified atom stereocenters. The lowest BCUT2D eigenvalue weighted by Crippen LogP contribution is -2.52. The Kier molecular flexibility index (Phi) is 6.31. The van der Waals surface area contributed by atoms with E-state index >= 15 is 0 Å². The average molecular weight is 456 g/mol. The van der Waals surface area contributed by atoms with Crippen molar-refractivity contribution in [3.05, 3.63) is 69.8 Å². The first-order chi connectivity index (χ1) is 15.3. The molecule has 0 spiro atoms. The number of hydrogen-bond donors (Lipinski definition) is 2. The Balaban J connectivity index is 1.24. The van der Waals surface area contributed by atoms with Gasteiger partial charge in [0.05, 0.1) is 29.1 Å². The molecule has 8 nitrogen and oxygen atoms in total. The number of aliphatic hydroxyl groups excluding tert-OH is 1. The molecular weight excluding hydrogens is 430 g/mol. The highest BCUT2D eigenvalue weighted by molar-refractivity contribution is 7.88. The fourth-order valence-electron chi connectivity index (χ4n) is 4.22. The summed E-state index contributed by atoms with van der Waals surface area (Å²) in [6, 6.07) is 12.0. The van der Waals surface area contributed by atoms with E-state index in [1.54, 1.807) is 36.4 Å². The van der Waals surface area contributed by atoms with Gasteiger partial charge < -0.3 is 9.84 Å². The van der Waals surface area contributed by atoms with Crippen LogP contribution in [0.3, 0.4) is 0 Å². The van der Waals surface area contributed by atoms with Gasteiger partial charge in [-0.2, -0.15) is 5.26 Å². The van der Waals surface area contributed by atoms with Crippen molar-refractivity contribution in [1.29, 1.82) is 5.26 Å². The number of benzene rings is 2. The predicted octanol–water partition coefficient (Wildman–Crippen LogP) is 1.62. The highest BCUT2D eigenvalue weighted by Crippen LogP contribution is 2.30. The van der Waals surface area contributed by atoms with Crippen LogP contribution in [-0.4, -0.2) is 50.6 Å². The third-order valence-electron chi connectivity index (χ3n) is 6.06. The molecule has 32 heavy (non-hydrogen) atoms. The van der Waals surface area contributed by atoms with Crippen LogP contribution >= 0.6 is 0 Å². The maximum Gasteiger partial charge on any atom is 0.338 e. The monoisotopic (exact) mass is 455 g/mol. The standard InChI is InChI=1S/C23H25N3O5S/c1-15-19(6-7-20-21(15)13-31-23(20)28)22(27)12-26-10-18(11-26)9-25-32(29,30)14-17-4-2-16(8-24)3-5-17/h2-7,18,22,25,27H,9-14H2,1H3. The molecule has 2 aromatic carbocycles. The number of aliphatic hydroxyl groups is 1. The van der Waals surface area contributed by atoms with Gasteiger partial charge in [0, 0.05) is 31.7 Å². The van der Waals surface area contributed by atoms with Crippen LogP contribution in [0.2, 0.25) is 0 Å². The molecule has 0 aliphatic carbocycles. The Labute approximate surface area is 187 Å². The molecular formula is C23H25N3O5S. The average Bonchev–Trinajstić information content (AvgIpc) is 3.11. The molecule has 1 atom stereocenters. The van der Waals surface area contributed by atoms with Gasteiger partial charge in [-0.3, -0.25) is 4.90 Å². The number of nitrogens with one attached hydrogen (secondary N) is 1. The number of sulfonamides is 1. The number of β-amino-alcohol motifs (C(OH)–C–C–N with tert-alkyl or cyclic N) is 1. The number of rotatable bonds is 8. The van der Waals surface area contributed by atoms with Crippen molar-refractivity contribution in [1.82, 2.24) is 9.62 Å². The number of carbonyl (C=O) groups is 1. The number of likely N-dealkylation sites (tertiary alicyclic amines) is 1. The lowest BCUT2D eigenvalue weighted by atomic mass is 9.93. The smallest absolute Gasteiger partial charge is 0.338 e. The second-order valence-corrected chi connectivity index (χ2v) is 10.2. The highest BCUT2D eigenvalue weighted by atomic mass is 32.2. The second kappa shape index (κ2) is 9.00. The van der Waals surface area contributed by atoms with E-state index in [4.69, 9.17) is 10.00 Å². The zero-order valence-corrected chi connectivity index (χ0v) is 18.6. The van der Waals surface area contributed by atoms with Crippen LogP contribution in [0.25, 0.3) is 0 Å². The third kappa shape index (κ3) is 4.84. The van der Waals surface area contributed by atoms with Crippen molar-refractivity contribution < 1.29 is 23.1 Å². The number of cyclic esters (lactones) is 1. The van der Waals surface area contributed by atoms with Crippen molar-refractivity contribution in [2.45, 2.75) is 25.4 Å². The fourth-order valence-corrected chi connectivity index (χ4v) is 5.44. The SMILES string of the molecule is Cc1c(C(O)CN2CC(CNS(=O)(=O)Cc3ccc(C#N)cc3)C2)ccc2c1COC2=O. The summed E-state index contributed by atoms with van der Waals surface area (Å²) in [5, 5.41) is 19.5. The summed E-state index contributed by atoms with van der Waals surface area (Å²) in [7, 11) is -3.47. The van der Waals surface area contributed by atoms with Crippen LogP contribution in [0, 0.1) is 24.2 Å². The fraction of sp³-hybridized carbons (Fsp3) is 0.391. The molecule has 1 fully saturated rings. The molecule has 2 aliphatic heterocycles. The van der Waals surface area contributed by atoms with Crippen molar-refractivity contribution in [3.8, 4) is 6.07 Å². The number of nitrogens with zero attached hydrogens (tertiary/aromatic N) is 2. The molecule has 168 valence electrons. The predicted molar refractivity (Wildman–Crippen MR) is 117 cm³/mol. The minimum Gasteiger partial charge on any atom is -0.457 e. The molecule has 0 radical (unpaired) electrons. The number of esters is 1. The molecule has 1 saturated heterocycles. The van der Waals surface area contributed by atoms with Crippen molar-refractivity contribution in [2.75, 3.05) is 26.2 Å². The minimum absolute atomic E-state index is 0.127. The third-order valence-corrected chi connectivity index (χ3v) is 7.38. The van der Waals surface area contributed by atoms with Crippen LogP contribution < -0.4 is 4.72 Å². The molecule has 9 heteroatoms. The van der Waals surface area contributed by atoms with Gasteiger partial charge in [0.15, 0.2) is 0 Å². The number of hydrogen-bond acceptors (Lipinski definition) is 7. The quantitative estimate of drug-likeness (QED) is 0.581. The first-order valence-corrected chi connectivity index (χ1v) is 12.1. The van der Waals surface area contributed by atoms with Gasteiger partial charge in [-0.15, -0.1) is 0 Å². The summed E-state index contributed by atoms with van der Waals surface area (Å²) in [5.74, 6) is -0.265. The van der Waals surface area contributed by atoms with E-state index in [1.165, 1.54) is 0 Å². The normalized spacial score (nSPS) is 17.3. The Morgan fingerprint density at radius 1 is 1.25 bits per heavy atom. The molecule has 2 aromatic rings. The summed E-state index contributed by atoms with van der Waals surface area (Å²) in [6.45, 7) is 4.32. The summed E-state index contributed by atoms with van der Waals surface area (Å²) < 4.78 is 32.4. The number of nitriles is 1. The number of fused-ring (bicyclic) bond motifs is 1. The topological polar surface area (TPSA) is 120 Å². The summed E-state index contributed by atoms with van der Waals surface area (Å²) >= 11 is 0. The Morgan fingerprint density at radius 3 is 2.66 bits per heavy atom. The minimum atomic E-state index is -3.47. The lowest BCUT2D eigenvalue weighted by molar-refractivity contribution is 0.0413. The number of ether oxygens (including phenoxy) is 1. The zero-order valence-electron chi connectivity index (χ0n) is 17.7. The summed E-state index contributed by atoms with van der Waals surface area (Å²) in [5.41, 5.74) is 4.20. The summed E-state index contributed by atoms with van der Waals surface area (Å²) in [4.78, 5) is 13.8. The molecule has 0 aromatic heterocycles. The van der Waals surface area contributed by atoms with Gasteiger partial charge in [-0.05, 0) is 47.7 Å². The number of carbonyl (C=O) groups excluding carboxylic acids is 1. The molecule has 0 bridgehead atoms. The van der Waals surface area contributed by atoms with Crippen LogP contribution in [0.5, 0.6) is 0 Å². The molecule has 0 saturated carbocycles. The van der Waals surface area contributed by atoms with Crippen LogP contribution in [0.15, 0.2) is 36.4 Å². The summed E-state index contributed by atoms with van der Waals surface area (Å²) in [6.07, 6.45) is -0.690. The Bertz CT molecular complexity index is 1170. The molecule has 4 rings (SSSR count). The van der Waals surface area contributed by atoms with Gasteiger partial charge in [-0.25, -0.2) is 17.9 Å². The van der Waals surface area contributed by atoms with E-state index in [2.05, 4.69) is 9.62 Å². The van der Waals surface area contributed by atoms with Gasteiger partial charge in [0.25, 0.3) is 0 Å². The van der Waals surface area contributed by atoms with Gasteiger partial charge in [0.1, 0.15) is 6.61 Å². The van der Waals surface area contributed by atoms with Crippen molar-refractivity contribution >= 4 is 16.0 Å². The first-order valence-electron chi connectivity index (χ1n) is 10.4. The van der Waals surface area contributed by atoms with Crippen molar-refractivity contribution in [2.24, 2.45) is 5.92 Å². The maximum atomic E-state index is 12.3. The first kappa shape index (κ1) is 22.4. The highest BCUT2D eigenvalue weighted by Gasteiger charge is 2.31. The van der Waals surface area contributed by atoms with E-state index in [-0.39, 0.29) is 24.2 Å². The van der Waals surface area contributed by atoms with Gasteiger partial charge in [0.2, 0.25) is 10.0 Å². The molecule has 0 amide bonds. The van der Waals surface area contributed by atoms with E-state index in [0.717, 1.165) is 16.7 Å². The van der Waals surface area contributed by atoms with Crippen LogP contribution in [0.1, 0.15) is 44.3 Å².